The number of hydrogen-bond acceptors (Lipinski definition) is 4. The van der Waals surface area contributed by atoms with Crippen LogP contribution in [0.5, 0.6) is 0 Å². The predicted molar refractivity (Wildman–Crippen MR) is 167 cm³/mol. The Labute approximate surface area is 261 Å². The molecule has 1 atom stereocenters. The summed E-state index contributed by atoms with van der Waals surface area (Å²) in [6.45, 7) is 4.73. The Balaban J connectivity index is 2.13. The molecule has 7 nitrogen and oxygen atoms in total. The second-order valence-corrected chi connectivity index (χ2v) is 14.1. The zero-order valence-electron chi connectivity index (χ0n) is 23.0. The van der Waals surface area contributed by atoms with E-state index in [9.17, 15) is 18.0 Å². The number of halogens is 4. The van der Waals surface area contributed by atoms with Gasteiger partial charge in [-0.3, -0.25) is 13.9 Å². The third kappa shape index (κ3) is 9.25. The molecule has 0 spiro atoms. The van der Waals surface area contributed by atoms with Crippen molar-refractivity contribution in [2.45, 2.75) is 45.3 Å². The molecule has 12 heteroatoms. The minimum absolute atomic E-state index is 0.122. The Kier molecular flexibility index (Phi) is 11.0. The zero-order valence-corrected chi connectivity index (χ0v) is 26.8. The Hall–Kier alpha value is -2.49. The number of carbonyl (C=O) groups excluding carboxylic acids is 2. The molecule has 0 aliphatic rings. The number of hydrogen-bond donors (Lipinski definition) is 1. The fourth-order valence-electron chi connectivity index (χ4n) is 4.11. The van der Waals surface area contributed by atoms with Gasteiger partial charge in [-0.05, 0) is 56.7 Å². The van der Waals surface area contributed by atoms with Gasteiger partial charge in [0, 0.05) is 34.1 Å². The molecule has 41 heavy (non-hydrogen) atoms. The van der Waals surface area contributed by atoms with Gasteiger partial charge in [0.2, 0.25) is 21.8 Å². The average Bonchev–Trinajstić information content (AvgIpc) is 2.86. The maximum absolute atomic E-state index is 14.1. The summed E-state index contributed by atoms with van der Waals surface area (Å²) < 4.78 is 26.7. The zero-order chi connectivity index (χ0) is 30.5. The summed E-state index contributed by atoms with van der Waals surface area (Å²) in [5, 5.41) is 3.91. The van der Waals surface area contributed by atoms with E-state index in [-0.39, 0.29) is 28.7 Å². The van der Waals surface area contributed by atoms with Crippen molar-refractivity contribution in [3.8, 4) is 0 Å². The van der Waals surface area contributed by atoms with Gasteiger partial charge in [-0.15, -0.1) is 0 Å². The lowest BCUT2D eigenvalue weighted by Crippen LogP contribution is -2.56. The number of nitrogens with one attached hydrogen (secondary N) is 1. The van der Waals surface area contributed by atoms with Gasteiger partial charge in [-0.25, -0.2) is 8.42 Å². The molecular weight excluding hydrogens is 628 g/mol. The van der Waals surface area contributed by atoms with Gasteiger partial charge in [-0.1, -0.05) is 82.8 Å². The Bertz CT molecular complexity index is 1490. The van der Waals surface area contributed by atoms with Crippen molar-refractivity contribution >= 4 is 73.9 Å². The molecule has 0 bridgehead atoms. The molecule has 2 amide bonds. The van der Waals surface area contributed by atoms with Crippen LogP contribution in [-0.4, -0.2) is 49.5 Å². The van der Waals surface area contributed by atoms with E-state index in [2.05, 4.69) is 5.32 Å². The fraction of sp³-hybridized carbons (Fsp3) is 0.310. The number of amides is 2. The number of sulfonamides is 1. The number of nitrogens with zero attached hydrogens (tertiary/aromatic N) is 2. The Morgan fingerprint density at radius 3 is 2.00 bits per heavy atom. The lowest BCUT2D eigenvalue weighted by atomic mass is 10.0. The van der Waals surface area contributed by atoms with Crippen LogP contribution in [-0.2, 0) is 32.6 Å². The molecule has 1 N–H and O–H groups in total. The summed E-state index contributed by atoms with van der Waals surface area (Å²) in [7, 11) is -3.97. The Morgan fingerprint density at radius 2 is 1.46 bits per heavy atom. The second-order valence-electron chi connectivity index (χ2n) is 10.5. The molecular formula is C29H31Cl4N3O4S. The van der Waals surface area contributed by atoms with Gasteiger partial charge in [0.05, 0.1) is 22.0 Å². The van der Waals surface area contributed by atoms with Crippen LogP contribution < -0.4 is 9.62 Å². The molecule has 0 aromatic heterocycles. The Morgan fingerprint density at radius 1 is 0.854 bits per heavy atom. The van der Waals surface area contributed by atoms with Crippen molar-refractivity contribution in [2.75, 3.05) is 17.1 Å². The van der Waals surface area contributed by atoms with E-state index in [1.807, 2.05) is 51.1 Å². The number of rotatable bonds is 10. The van der Waals surface area contributed by atoms with Crippen LogP contribution in [0.4, 0.5) is 5.69 Å². The van der Waals surface area contributed by atoms with E-state index in [4.69, 9.17) is 46.4 Å². The van der Waals surface area contributed by atoms with Crippen LogP contribution in [0.3, 0.4) is 0 Å². The van der Waals surface area contributed by atoms with Crippen molar-refractivity contribution in [3.05, 3.63) is 97.9 Å². The van der Waals surface area contributed by atoms with Crippen molar-refractivity contribution in [3.63, 3.8) is 0 Å². The highest BCUT2D eigenvalue weighted by Crippen LogP contribution is 2.30. The van der Waals surface area contributed by atoms with Crippen LogP contribution in [0, 0.1) is 0 Å². The van der Waals surface area contributed by atoms with E-state index in [0.29, 0.717) is 15.6 Å². The number of benzene rings is 3. The highest BCUT2D eigenvalue weighted by Gasteiger charge is 2.35. The van der Waals surface area contributed by atoms with Gasteiger partial charge in [0.25, 0.3) is 0 Å². The molecule has 0 aliphatic carbocycles. The fourth-order valence-corrected chi connectivity index (χ4v) is 5.77. The smallest absolute Gasteiger partial charge is 0.244 e. The van der Waals surface area contributed by atoms with Crippen molar-refractivity contribution in [1.82, 2.24) is 10.2 Å². The molecule has 0 saturated carbocycles. The minimum atomic E-state index is -3.97. The number of carbonyl (C=O) groups is 2. The van der Waals surface area contributed by atoms with Gasteiger partial charge in [-0.2, -0.15) is 0 Å². The van der Waals surface area contributed by atoms with Crippen LogP contribution >= 0.6 is 46.4 Å². The van der Waals surface area contributed by atoms with Crippen molar-refractivity contribution in [2.24, 2.45) is 0 Å². The minimum Gasteiger partial charge on any atom is -0.350 e. The molecule has 0 fully saturated rings. The van der Waals surface area contributed by atoms with Crippen LogP contribution in [0.1, 0.15) is 31.9 Å². The summed E-state index contributed by atoms with van der Waals surface area (Å²) in [5.41, 5.74) is 0.756. The van der Waals surface area contributed by atoms with Crippen molar-refractivity contribution < 1.29 is 18.0 Å². The summed E-state index contributed by atoms with van der Waals surface area (Å²) in [5.74, 6) is -1.07. The highest BCUT2D eigenvalue weighted by atomic mass is 35.5. The summed E-state index contributed by atoms with van der Waals surface area (Å²) >= 11 is 25.2. The molecule has 3 aromatic carbocycles. The normalized spacial score (nSPS) is 12.5. The molecule has 3 rings (SSSR count). The first-order valence-corrected chi connectivity index (χ1v) is 15.9. The molecule has 0 saturated heterocycles. The topological polar surface area (TPSA) is 86.8 Å². The standard InChI is InChI=1S/C29H31Cl4N3O4S/c1-29(2,3)34-28(38)26(15-19-9-6-5-7-10-19)35(17-21-22(30)11-8-12-23(21)31)27(37)18-36(41(4,39)40)20-13-14-24(32)25(33)16-20/h5-14,16,26H,15,17-18H2,1-4H3,(H,34,38). The predicted octanol–water partition coefficient (Wildman–Crippen LogP) is 6.62. The lowest BCUT2D eigenvalue weighted by molar-refractivity contribution is -0.140. The van der Waals surface area contributed by atoms with Gasteiger partial charge >= 0.3 is 0 Å². The molecule has 0 aliphatic heterocycles. The summed E-state index contributed by atoms with van der Waals surface area (Å²) in [6.07, 6.45) is 1.13. The van der Waals surface area contributed by atoms with E-state index in [1.165, 1.54) is 23.1 Å². The molecule has 220 valence electrons. The third-order valence-corrected chi connectivity index (χ3v) is 8.62. The van der Waals surface area contributed by atoms with E-state index in [1.54, 1.807) is 18.2 Å². The van der Waals surface area contributed by atoms with Gasteiger partial charge in [0.1, 0.15) is 12.6 Å². The molecule has 0 radical (unpaired) electrons. The van der Waals surface area contributed by atoms with Gasteiger partial charge < -0.3 is 10.2 Å². The lowest BCUT2D eigenvalue weighted by Gasteiger charge is -2.35. The largest absolute Gasteiger partial charge is 0.350 e. The third-order valence-electron chi connectivity index (χ3n) is 6.03. The summed E-state index contributed by atoms with van der Waals surface area (Å²) in [4.78, 5) is 29.2. The van der Waals surface area contributed by atoms with Crippen LogP contribution in [0.15, 0.2) is 66.7 Å². The molecule has 1 unspecified atom stereocenters. The van der Waals surface area contributed by atoms with E-state index < -0.39 is 40.0 Å². The monoisotopic (exact) mass is 657 g/mol. The number of anilines is 1. The van der Waals surface area contributed by atoms with Crippen LogP contribution in [0.2, 0.25) is 20.1 Å². The maximum atomic E-state index is 14.1. The first kappa shape index (κ1) is 33.0. The molecule has 0 heterocycles. The second kappa shape index (κ2) is 13.7. The summed E-state index contributed by atoms with van der Waals surface area (Å²) in [6, 6.07) is 17.4. The first-order valence-electron chi connectivity index (χ1n) is 12.6. The SMILES string of the molecule is CC(C)(C)NC(=O)C(Cc1ccccc1)N(Cc1c(Cl)cccc1Cl)C(=O)CN(c1ccc(Cl)c(Cl)c1)S(C)(=O)=O. The van der Waals surface area contributed by atoms with Gasteiger partial charge in [0.15, 0.2) is 0 Å². The van der Waals surface area contributed by atoms with Crippen molar-refractivity contribution in [1.29, 1.82) is 0 Å². The molecule has 3 aromatic rings. The van der Waals surface area contributed by atoms with E-state index in [0.717, 1.165) is 16.1 Å². The quantitative estimate of drug-likeness (QED) is 0.265. The highest BCUT2D eigenvalue weighted by molar-refractivity contribution is 7.92. The maximum Gasteiger partial charge on any atom is 0.244 e. The first-order chi connectivity index (χ1) is 19.1. The average molecular weight is 659 g/mol. The van der Waals surface area contributed by atoms with Crippen LogP contribution in [0.25, 0.3) is 0 Å². The van der Waals surface area contributed by atoms with E-state index >= 15 is 0 Å².